The number of nitrogens with two attached hydrogens (primary N) is 1. The predicted octanol–water partition coefficient (Wildman–Crippen LogP) is 3.77. The molecule has 2 N–H and O–H groups in total. The van der Waals surface area contributed by atoms with E-state index in [0.29, 0.717) is 32.5 Å². The molecule has 134 valence electrons. The van der Waals surface area contributed by atoms with E-state index in [-0.39, 0.29) is 17.6 Å². The van der Waals surface area contributed by atoms with E-state index in [9.17, 15) is 9.18 Å². The second-order valence-corrected chi connectivity index (χ2v) is 6.46. The number of aryl methyl sites for hydroxylation is 1. The molecule has 25 heavy (non-hydrogen) atoms. The van der Waals surface area contributed by atoms with Crippen LogP contribution in [0.5, 0.6) is 0 Å². The Morgan fingerprint density at radius 1 is 1.12 bits per heavy atom. The van der Waals surface area contributed by atoms with Gasteiger partial charge < -0.3 is 10.6 Å². The summed E-state index contributed by atoms with van der Waals surface area (Å²) in [6, 6.07) is 16.6. The molecule has 0 aliphatic rings. The summed E-state index contributed by atoms with van der Waals surface area (Å²) in [6.45, 7) is 3.77. The van der Waals surface area contributed by atoms with Crippen molar-refractivity contribution in [3.8, 4) is 0 Å². The zero-order chi connectivity index (χ0) is 18.1. The van der Waals surface area contributed by atoms with Gasteiger partial charge in [0.25, 0.3) is 0 Å². The highest BCUT2D eigenvalue weighted by atomic mass is 19.1. The molecule has 4 heteroatoms. The normalized spacial score (nSPS) is 12.0. The summed E-state index contributed by atoms with van der Waals surface area (Å²) < 4.78 is 13.3. The molecule has 0 aliphatic carbocycles. The lowest BCUT2D eigenvalue weighted by molar-refractivity contribution is -0.135. The molecule has 0 heterocycles. The van der Waals surface area contributed by atoms with Gasteiger partial charge in [-0.15, -0.1) is 0 Å². The van der Waals surface area contributed by atoms with Crippen LogP contribution in [0.25, 0.3) is 0 Å². The Kier molecular flexibility index (Phi) is 7.61. The Labute approximate surface area is 149 Å². The van der Waals surface area contributed by atoms with Crippen LogP contribution in [0.3, 0.4) is 0 Å². The Morgan fingerprint density at radius 2 is 1.84 bits per heavy atom. The van der Waals surface area contributed by atoms with Crippen LogP contribution in [0, 0.1) is 11.7 Å². The summed E-state index contributed by atoms with van der Waals surface area (Å²) in [4.78, 5) is 14.7. The highest BCUT2D eigenvalue weighted by Crippen LogP contribution is 2.16. The monoisotopic (exact) mass is 342 g/mol. The second-order valence-electron chi connectivity index (χ2n) is 6.46. The van der Waals surface area contributed by atoms with Crippen molar-refractivity contribution in [1.82, 2.24) is 4.90 Å². The molecule has 2 aromatic carbocycles. The minimum absolute atomic E-state index is 0.107. The zero-order valence-corrected chi connectivity index (χ0v) is 14.8. The van der Waals surface area contributed by atoms with E-state index in [1.165, 1.54) is 12.1 Å². The largest absolute Gasteiger partial charge is 0.338 e. The third kappa shape index (κ3) is 6.31. The van der Waals surface area contributed by atoms with E-state index >= 15 is 0 Å². The lowest BCUT2D eigenvalue weighted by Gasteiger charge is -2.26. The Hall–Kier alpha value is -2.20. The smallest absolute Gasteiger partial charge is 0.225 e. The zero-order valence-electron chi connectivity index (χ0n) is 14.8. The number of nitrogens with zero attached hydrogens (tertiary/aromatic N) is 1. The maximum atomic E-state index is 13.3. The second kappa shape index (κ2) is 9.94. The molecule has 2 rings (SSSR count). The third-order valence-corrected chi connectivity index (χ3v) is 4.34. The minimum Gasteiger partial charge on any atom is -0.338 e. The van der Waals surface area contributed by atoms with Crippen LogP contribution in [-0.4, -0.2) is 23.9 Å². The van der Waals surface area contributed by atoms with E-state index in [1.807, 2.05) is 48.2 Å². The molecule has 0 radical (unpaired) electrons. The van der Waals surface area contributed by atoms with Crippen molar-refractivity contribution in [2.24, 2.45) is 11.7 Å². The van der Waals surface area contributed by atoms with Crippen molar-refractivity contribution in [2.45, 2.75) is 32.7 Å². The molecule has 1 unspecified atom stereocenters. The van der Waals surface area contributed by atoms with Gasteiger partial charge >= 0.3 is 0 Å². The van der Waals surface area contributed by atoms with Crippen molar-refractivity contribution in [3.05, 3.63) is 71.5 Å². The van der Waals surface area contributed by atoms with Crippen molar-refractivity contribution in [1.29, 1.82) is 0 Å². The molecule has 0 aromatic heterocycles. The molecule has 0 spiro atoms. The molecule has 0 bridgehead atoms. The van der Waals surface area contributed by atoms with E-state index in [4.69, 9.17) is 5.73 Å². The van der Waals surface area contributed by atoms with Gasteiger partial charge in [-0.25, -0.2) is 4.39 Å². The summed E-state index contributed by atoms with van der Waals surface area (Å²) in [7, 11) is 0. The maximum Gasteiger partial charge on any atom is 0.225 e. The van der Waals surface area contributed by atoms with Crippen molar-refractivity contribution < 1.29 is 9.18 Å². The average molecular weight is 342 g/mol. The molecule has 1 amide bonds. The standard InChI is InChI=1S/C21H27FN2O/c1-17(11-12-18-9-5-10-20(22)15-18)21(25)24(14-6-13-23)16-19-7-3-2-4-8-19/h2-5,7-10,15,17H,6,11-14,16,23H2,1H3. The summed E-state index contributed by atoms with van der Waals surface area (Å²) >= 11 is 0. The molecule has 0 saturated heterocycles. The summed E-state index contributed by atoms with van der Waals surface area (Å²) in [6.07, 6.45) is 2.19. The average Bonchev–Trinajstić information content (AvgIpc) is 2.63. The van der Waals surface area contributed by atoms with E-state index in [1.54, 1.807) is 6.07 Å². The van der Waals surface area contributed by atoms with Gasteiger partial charge in [-0.2, -0.15) is 0 Å². The summed E-state index contributed by atoms with van der Waals surface area (Å²) in [5, 5.41) is 0. The molecule has 2 aromatic rings. The first-order chi connectivity index (χ1) is 12.1. The van der Waals surface area contributed by atoms with E-state index in [2.05, 4.69) is 0 Å². The van der Waals surface area contributed by atoms with Crippen LogP contribution >= 0.6 is 0 Å². The molecule has 0 aliphatic heterocycles. The van der Waals surface area contributed by atoms with Gasteiger partial charge in [0.1, 0.15) is 5.82 Å². The lowest BCUT2D eigenvalue weighted by atomic mass is 9.99. The van der Waals surface area contributed by atoms with Gasteiger partial charge in [-0.1, -0.05) is 49.4 Å². The predicted molar refractivity (Wildman–Crippen MR) is 99.4 cm³/mol. The Balaban J connectivity index is 1.96. The van der Waals surface area contributed by atoms with E-state index in [0.717, 1.165) is 17.5 Å². The molecular weight excluding hydrogens is 315 g/mol. The molecule has 3 nitrogen and oxygen atoms in total. The Morgan fingerprint density at radius 3 is 2.52 bits per heavy atom. The van der Waals surface area contributed by atoms with Gasteiger partial charge in [-0.05, 0) is 49.1 Å². The van der Waals surface area contributed by atoms with Crippen molar-refractivity contribution in [2.75, 3.05) is 13.1 Å². The topological polar surface area (TPSA) is 46.3 Å². The molecular formula is C21H27FN2O. The van der Waals surface area contributed by atoms with Gasteiger partial charge in [0, 0.05) is 19.0 Å². The number of amides is 1. The fraction of sp³-hybridized carbons (Fsp3) is 0.381. The van der Waals surface area contributed by atoms with Gasteiger partial charge in [-0.3, -0.25) is 4.79 Å². The van der Waals surface area contributed by atoms with Crippen LogP contribution in [0.1, 0.15) is 30.9 Å². The molecule has 0 saturated carbocycles. The van der Waals surface area contributed by atoms with Crippen LogP contribution in [0.4, 0.5) is 4.39 Å². The van der Waals surface area contributed by atoms with Gasteiger partial charge in [0.05, 0.1) is 0 Å². The third-order valence-electron chi connectivity index (χ3n) is 4.34. The van der Waals surface area contributed by atoms with Gasteiger partial charge in [0.15, 0.2) is 0 Å². The number of carbonyl (C=O) groups is 1. The summed E-state index contributed by atoms with van der Waals surface area (Å²) in [5.74, 6) is -0.205. The number of rotatable bonds is 9. The number of hydrogen-bond donors (Lipinski definition) is 1. The molecule has 0 fully saturated rings. The lowest BCUT2D eigenvalue weighted by Crippen LogP contribution is -2.36. The van der Waals surface area contributed by atoms with Crippen molar-refractivity contribution in [3.63, 3.8) is 0 Å². The van der Waals surface area contributed by atoms with Crippen LogP contribution in [0.2, 0.25) is 0 Å². The summed E-state index contributed by atoms with van der Waals surface area (Å²) in [5.41, 5.74) is 7.66. The number of benzene rings is 2. The highest BCUT2D eigenvalue weighted by molar-refractivity contribution is 5.78. The van der Waals surface area contributed by atoms with Crippen LogP contribution in [-0.2, 0) is 17.8 Å². The van der Waals surface area contributed by atoms with Crippen LogP contribution in [0.15, 0.2) is 54.6 Å². The SMILES string of the molecule is CC(CCc1cccc(F)c1)C(=O)N(CCCN)Cc1ccccc1. The van der Waals surface area contributed by atoms with Crippen LogP contribution < -0.4 is 5.73 Å². The first-order valence-corrected chi connectivity index (χ1v) is 8.87. The first-order valence-electron chi connectivity index (χ1n) is 8.87. The minimum atomic E-state index is -0.231. The quantitative estimate of drug-likeness (QED) is 0.754. The fourth-order valence-electron chi connectivity index (χ4n) is 2.86. The number of halogens is 1. The highest BCUT2D eigenvalue weighted by Gasteiger charge is 2.20. The number of hydrogen-bond acceptors (Lipinski definition) is 2. The van der Waals surface area contributed by atoms with Gasteiger partial charge in [0.2, 0.25) is 5.91 Å². The first kappa shape index (κ1) is 19.1. The van der Waals surface area contributed by atoms with E-state index < -0.39 is 0 Å². The molecule has 1 atom stereocenters. The maximum absolute atomic E-state index is 13.3. The Bertz CT molecular complexity index is 660. The van der Waals surface area contributed by atoms with Crippen molar-refractivity contribution >= 4 is 5.91 Å². The number of carbonyl (C=O) groups excluding carboxylic acids is 1. The fourth-order valence-corrected chi connectivity index (χ4v) is 2.86.